The fourth-order valence-electron chi connectivity index (χ4n) is 4.24. The van der Waals surface area contributed by atoms with E-state index in [1.807, 2.05) is 24.3 Å². The van der Waals surface area contributed by atoms with Crippen LogP contribution in [0.3, 0.4) is 0 Å². The van der Waals surface area contributed by atoms with E-state index in [0.29, 0.717) is 33.9 Å². The third kappa shape index (κ3) is 4.19. The molecule has 1 fully saturated rings. The lowest BCUT2D eigenvalue weighted by Gasteiger charge is -2.28. The molecule has 33 heavy (non-hydrogen) atoms. The van der Waals surface area contributed by atoms with E-state index in [1.165, 1.54) is 31.3 Å². The Kier molecular flexibility index (Phi) is 5.56. The Labute approximate surface area is 191 Å². The number of piperidine rings is 1. The van der Waals surface area contributed by atoms with Crippen molar-refractivity contribution in [3.63, 3.8) is 0 Å². The van der Waals surface area contributed by atoms with Gasteiger partial charge in [0.15, 0.2) is 0 Å². The van der Waals surface area contributed by atoms with Gasteiger partial charge >= 0.3 is 0 Å². The zero-order chi connectivity index (χ0) is 22.8. The summed E-state index contributed by atoms with van der Waals surface area (Å²) in [6, 6.07) is 15.5. The van der Waals surface area contributed by atoms with E-state index in [-0.39, 0.29) is 5.56 Å². The molecule has 8 heteroatoms. The lowest BCUT2D eigenvalue weighted by atomic mass is 10.1. The maximum atomic E-state index is 12.6. The molecule has 1 saturated heterocycles. The second-order valence-corrected chi connectivity index (χ2v) is 8.16. The number of H-pyrrole nitrogens is 1. The SMILES string of the molecule is COc1cc(-c2cc3nc[nH]c(=O)c3c(Nc3ccc(N4CCCCC4)cc3)n2)ccc1N. The average Bonchev–Trinajstić information content (AvgIpc) is 2.85. The summed E-state index contributed by atoms with van der Waals surface area (Å²) in [6.07, 6.45) is 5.16. The molecule has 0 aliphatic carbocycles. The molecule has 0 radical (unpaired) electrons. The van der Waals surface area contributed by atoms with Gasteiger partial charge in [-0.2, -0.15) is 0 Å². The van der Waals surface area contributed by atoms with Crippen molar-refractivity contribution in [2.75, 3.05) is 36.1 Å². The van der Waals surface area contributed by atoms with Crippen LogP contribution >= 0.6 is 0 Å². The van der Waals surface area contributed by atoms with Crippen molar-refractivity contribution in [3.05, 3.63) is 65.2 Å². The molecule has 0 spiro atoms. The van der Waals surface area contributed by atoms with Crippen LogP contribution in [0.25, 0.3) is 22.2 Å². The van der Waals surface area contributed by atoms with Crippen LogP contribution in [0.5, 0.6) is 5.75 Å². The molecule has 0 bridgehead atoms. The summed E-state index contributed by atoms with van der Waals surface area (Å²) in [4.78, 5) is 26.8. The van der Waals surface area contributed by atoms with E-state index in [4.69, 9.17) is 15.5 Å². The number of fused-ring (bicyclic) bond motifs is 1. The third-order valence-corrected chi connectivity index (χ3v) is 6.01. The second kappa shape index (κ2) is 8.82. The first kappa shape index (κ1) is 20.8. The van der Waals surface area contributed by atoms with Crippen LogP contribution in [0.15, 0.2) is 59.7 Å². The Balaban J connectivity index is 1.53. The van der Waals surface area contributed by atoms with Gasteiger partial charge in [-0.05, 0) is 61.7 Å². The van der Waals surface area contributed by atoms with Gasteiger partial charge in [-0.3, -0.25) is 4.79 Å². The van der Waals surface area contributed by atoms with Crippen molar-refractivity contribution in [2.45, 2.75) is 19.3 Å². The monoisotopic (exact) mass is 442 g/mol. The number of nitrogens with zero attached hydrogens (tertiary/aromatic N) is 3. The summed E-state index contributed by atoms with van der Waals surface area (Å²) in [5.74, 6) is 1.01. The first-order valence-electron chi connectivity index (χ1n) is 11.1. The van der Waals surface area contributed by atoms with E-state index in [1.54, 1.807) is 19.2 Å². The fourth-order valence-corrected chi connectivity index (χ4v) is 4.24. The maximum absolute atomic E-state index is 12.6. The molecule has 0 amide bonds. The quantitative estimate of drug-likeness (QED) is 0.395. The minimum atomic E-state index is -0.249. The summed E-state index contributed by atoms with van der Waals surface area (Å²) in [5.41, 5.74) is 10.3. The molecule has 0 saturated carbocycles. The highest BCUT2D eigenvalue weighted by atomic mass is 16.5. The van der Waals surface area contributed by atoms with Gasteiger partial charge in [0.1, 0.15) is 17.0 Å². The molecule has 168 valence electrons. The summed E-state index contributed by atoms with van der Waals surface area (Å²) >= 11 is 0. The molecule has 5 rings (SSSR count). The second-order valence-electron chi connectivity index (χ2n) is 8.16. The van der Waals surface area contributed by atoms with Gasteiger partial charge in [0, 0.05) is 30.0 Å². The number of nitrogens with two attached hydrogens (primary N) is 1. The molecule has 0 atom stereocenters. The average molecular weight is 443 g/mol. The molecular weight excluding hydrogens is 416 g/mol. The number of methoxy groups -OCH3 is 1. The summed E-state index contributed by atoms with van der Waals surface area (Å²) in [6.45, 7) is 2.18. The van der Waals surface area contributed by atoms with E-state index in [2.05, 4.69) is 32.3 Å². The zero-order valence-corrected chi connectivity index (χ0v) is 18.5. The Hall–Kier alpha value is -4.07. The molecule has 4 aromatic rings. The number of nitrogen functional groups attached to an aromatic ring is 1. The van der Waals surface area contributed by atoms with Gasteiger partial charge in [0.2, 0.25) is 0 Å². The van der Waals surface area contributed by atoms with E-state index < -0.39 is 0 Å². The Bertz CT molecular complexity index is 1340. The van der Waals surface area contributed by atoms with Gasteiger partial charge in [0.25, 0.3) is 5.56 Å². The Morgan fingerprint density at radius 3 is 2.61 bits per heavy atom. The van der Waals surface area contributed by atoms with Crippen molar-refractivity contribution >= 4 is 33.8 Å². The summed E-state index contributed by atoms with van der Waals surface area (Å²) in [7, 11) is 1.57. The van der Waals surface area contributed by atoms with Gasteiger partial charge in [0.05, 0.1) is 30.3 Å². The number of ether oxygens (including phenoxy) is 1. The van der Waals surface area contributed by atoms with Crippen LogP contribution in [-0.2, 0) is 0 Å². The first-order chi connectivity index (χ1) is 16.1. The van der Waals surface area contributed by atoms with E-state index in [9.17, 15) is 4.79 Å². The highest BCUT2D eigenvalue weighted by Gasteiger charge is 2.15. The topological polar surface area (TPSA) is 109 Å². The van der Waals surface area contributed by atoms with Crippen LogP contribution in [0.2, 0.25) is 0 Å². The largest absolute Gasteiger partial charge is 0.495 e. The number of anilines is 4. The molecule has 3 heterocycles. The molecular formula is C25H26N6O2. The normalized spacial score (nSPS) is 13.8. The van der Waals surface area contributed by atoms with Crippen molar-refractivity contribution in [1.29, 1.82) is 0 Å². The number of aromatic nitrogens is 3. The predicted molar refractivity (Wildman–Crippen MR) is 132 cm³/mol. The highest BCUT2D eigenvalue weighted by molar-refractivity contribution is 5.93. The lowest BCUT2D eigenvalue weighted by Crippen LogP contribution is -2.29. The number of nitrogens with one attached hydrogen (secondary N) is 2. The highest BCUT2D eigenvalue weighted by Crippen LogP contribution is 2.31. The smallest absolute Gasteiger partial charge is 0.262 e. The predicted octanol–water partition coefficient (Wildman–Crippen LogP) is 4.31. The molecule has 0 unspecified atom stereocenters. The summed E-state index contributed by atoms with van der Waals surface area (Å²) < 4.78 is 5.36. The number of pyridine rings is 1. The van der Waals surface area contributed by atoms with Crippen molar-refractivity contribution < 1.29 is 4.74 Å². The van der Waals surface area contributed by atoms with Crippen molar-refractivity contribution in [3.8, 4) is 17.0 Å². The first-order valence-corrected chi connectivity index (χ1v) is 11.1. The van der Waals surface area contributed by atoms with Crippen LogP contribution in [0, 0.1) is 0 Å². The van der Waals surface area contributed by atoms with Gasteiger partial charge < -0.3 is 25.7 Å². The third-order valence-electron chi connectivity index (χ3n) is 6.01. The maximum Gasteiger partial charge on any atom is 0.262 e. The molecule has 1 aliphatic rings. The minimum Gasteiger partial charge on any atom is -0.495 e. The van der Waals surface area contributed by atoms with Crippen LogP contribution in [-0.4, -0.2) is 35.2 Å². The lowest BCUT2D eigenvalue weighted by molar-refractivity contribution is 0.417. The van der Waals surface area contributed by atoms with Crippen molar-refractivity contribution in [1.82, 2.24) is 15.0 Å². The van der Waals surface area contributed by atoms with Crippen LogP contribution < -0.4 is 26.2 Å². The number of hydrogen-bond donors (Lipinski definition) is 3. The van der Waals surface area contributed by atoms with Gasteiger partial charge in [-0.1, -0.05) is 6.07 Å². The number of rotatable bonds is 5. The standard InChI is InChI=1S/C25H26N6O2/c1-33-22-13-16(5-10-19(22)26)20-14-21-23(25(32)28-15-27-21)24(30-20)29-17-6-8-18(9-7-17)31-11-3-2-4-12-31/h5-10,13-15H,2-4,11-12,26H2,1H3,(H,29,30)(H,27,28,32). The summed E-state index contributed by atoms with van der Waals surface area (Å²) in [5, 5.41) is 3.73. The number of hydrogen-bond acceptors (Lipinski definition) is 7. The van der Waals surface area contributed by atoms with Gasteiger partial charge in [-0.25, -0.2) is 9.97 Å². The Morgan fingerprint density at radius 2 is 1.85 bits per heavy atom. The van der Waals surface area contributed by atoms with E-state index in [0.717, 1.165) is 24.3 Å². The van der Waals surface area contributed by atoms with Crippen LogP contribution in [0.4, 0.5) is 22.9 Å². The molecule has 1 aliphatic heterocycles. The van der Waals surface area contributed by atoms with Crippen molar-refractivity contribution in [2.24, 2.45) is 0 Å². The minimum absolute atomic E-state index is 0.249. The van der Waals surface area contributed by atoms with E-state index >= 15 is 0 Å². The molecule has 2 aromatic carbocycles. The molecule has 4 N–H and O–H groups in total. The van der Waals surface area contributed by atoms with Gasteiger partial charge in [-0.15, -0.1) is 0 Å². The fraction of sp³-hybridized carbons (Fsp3) is 0.240. The molecule has 2 aromatic heterocycles. The number of benzene rings is 2. The Morgan fingerprint density at radius 1 is 1.06 bits per heavy atom. The van der Waals surface area contributed by atoms with Crippen LogP contribution in [0.1, 0.15) is 19.3 Å². The zero-order valence-electron chi connectivity index (χ0n) is 18.5. The molecule has 8 nitrogen and oxygen atoms in total. The number of aromatic amines is 1.